The number of aromatic nitrogens is 3. The predicted octanol–water partition coefficient (Wildman–Crippen LogP) is 7.03. The number of methoxy groups -OCH3 is 1. The number of hydrogen-bond donors (Lipinski definition) is 0. The molecule has 0 aliphatic rings. The van der Waals surface area contributed by atoms with Crippen molar-refractivity contribution in [2.24, 2.45) is 7.05 Å². The zero-order valence-corrected chi connectivity index (χ0v) is 22.2. The first-order valence-corrected chi connectivity index (χ1v) is 12.6. The van der Waals surface area contributed by atoms with E-state index < -0.39 is 17.3 Å². The van der Waals surface area contributed by atoms with Crippen LogP contribution in [0.25, 0.3) is 22.0 Å². The molecule has 200 valence electrons. The summed E-state index contributed by atoms with van der Waals surface area (Å²) < 4.78 is 49.9. The van der Waals surface area contributed by atoms with Crippen molar-refractivity contribution in [3.63, 3.8) is 0 Å². The Bertz CT molecular complexity index is 1720. The third-order valence-corrected chi connectivity index (χ3v) is 7.36. The second-order valence-corrected chi connectivity index (χ2v) is 9.66. The van der Waals surface area contributed by atoms with Gasteiger partial charge in [0.2, 0.25) is 0 Å². The van der Waals surface area contributed by atoms with Crippen LogP contribution in [0.5, 0.6) is 0 Å². The van der Waals surface area contributed by atoms with Crippen molar-refractivity contribution < 1.29 is 17.9 Å². The first-order chi connectivity index (χ1) is 18.6. The molecule has 0 saturated carbocycles. The molecular weight excluding hydrogens is 527 g/mol. The van der Waals surface area contributed by atoms with E-state index in [1.807, 2.05) is 41.8 Å². The fourth-order valence-electron chi connectivity index (χ4n) is 5.14. The van der Waals surface area contributed by atoms with E-state index in [0.29, 0.717) is 39.5 Å². The van der Waals surface area contributed by atoms with Gasteiger partial charge in [-0.1, -0.05) is 41.9 Å². The Morgan fingerprint density at radius 1 is 0.949 bits per heavy atom. The van der Waals surface area contributed by atoms with Gasteiger partial charge in [0.05, 0.1) is 29.3 Å². The highest BCUT2D eigenvalue weighted by Crippen LogP contribution is 2.43. The van der Waals surface area contributed by atoms with Crippen LogP contribution in [-0.4, -0.2) is 21.2 Å². The van der Waals surface area contributed by atoms with E-state index in [-0.39, 0.29) is 5.56 Å². The van der Waals surface area contributed by atoms with E-state index in [9.17, 15) is 18.0 Å². The van der Waals surface area contributed by atoms with Crippen LogP contribution in [0.4, 0.5) is 13.2 Å². The Hall–Kier alpha value is -3.88. The minimum absolute atomic E-state index is 0.185. The van der Waals surface area contributed by atoms with Gasteiger partial charge in [0.1, 0.15) is 0 Å². The highest BCUT2D eigenvalue weighted by atomic mass is 35.5. The molecule has 5 nitrogen and oxygen atoms in total. The molecule has 3 aromatic carbocycles. The Morgan fingerprint density at radius 3 is 2.28 bits per heavy atom. The summed E-state index contributed by atoms with van der Waals surface area (Å²) in [6.07, 6.45) is -1.15. The highest BCUT2D eigenvalue weighted by Gasteiger charge is 2.40. The molecule has 0 fully saturated rings. The summed E-state index contributed by atoms with van der Waals surface area (Å²) in [6, 6.07) is 19.3. The van der Waals surface area contributed by atoms with Gasteiger partial charge in [-0.15, -0.1) is 0 Å². The number of fused-ring (bicyclic) bond motifs is 1. The van der Waals surface area contributed by atoms with E-state index in [4.69, 9.17) is 16.3 Å². The molecule has 5 rings (SSSR count). The van der Waals surface area contributed by atoms with Crippen molar-refractivity contribution in [2.45, 2.75) is 25.2 Å². The van der Waals surface area contributed by atoms with E-state index in [2.05, 4.69) is 4.98 Å². The lowest BCUT2D eigenvalue weighted by atomic mass is 9.81. The second-order valence-electron chi connectivity index (χ2n) is 9.22. The molecular formula is C30H25ClF3N3O2. The number of ether oxygens (including phenoxy) is 1. The lowest BCUT2D eigenvalue weighted by molar-refractivity contribution is -0.137. The van der Waals surface area contributed by atoms with E-state index in [1.54, 1.807) is 42.3 Å². The van der Waals surface area contributed by atoms with Crippen molar-refractivity contribution in [3.05, 3.63) is 123 Å². The summed E-state index contributed by atoms with van der Waals surface area (Å²) in [7, 11) is 3.21. The van der Waals surface area contributed by atoms with Crippen molar-refractivity contribution in [1.82, 2.24) is 14.1 Å². The van der Waals surface area contributed by atoms with Gasteiger partial charge in [-0.3, -0.25) is 4.79 Å². The molecule has 0 spiro atoms. The van der Waals surface area contributed by atoms with E-state index >= 15 is 0 Å². The predicted molar refractivity (Wildman–Crippen MR) is 146 cm³/mol. The van der Waals surface area contributed by atoms with Crippen LogP contribution < -0.4 is 5.56 Å². The van der Waals surface area contributed by atoms with E-state index in [0.717, 1.165) is 23.1 Å². The molecule has 0 N–H and O–H groups in total. The van der Waals surface area contributed by atoms with Gasteiger partial charge in [-0.2, -0.15) is 13.2 Å². The van der Waals surface area contributed by atoms with Gasteiger partial charge in [-0.05, 0) is 65.6 Å². The zero-order chi connectivity index (χ0) is 27.9. The van der Waals surface area contributed by atoms with Crippen LogP contribution in [0.1, 0.15) is 29.3 Å². The van der Waals surface area contributed by atoms with Crippen molar-refractivity contribution in [3.8, 4) is 11.1 Å². The second kappa shape index (κ2) is 10.0. The average molecular weight is 552 g/mol. The van der Waals surface area contributed by atoms with Crippen LogP contribution in [-0.2, 0) is 30.1 Å². The highest BCUT2D eigenvalue weighted by molar-refractivity contribution is 6.30. The van der Waals surface area contributed by atoms with Gasteiger partial charge in [0.15, 0.2) is 5.60 Å². The molecule has 9 heteroatoms. The quantitative estimate of drug-likeness (QED) is 0.228. The normalized spacial score (nSPS) is 13.5. The molecule has 0 saturated heterocycles. The summed E-state index contributed by atoms with van der Waals surface area (Å²) >= 11 is 6.28. The smallest absolute Gasteiger partial charge is 0.362 e. The molecule has 1 unspecified atom stereocenters. The number of alkyl halides is 3. The van der Waals surface area contributed by atoms with Crippen molar-refractivity contribution >= 4 is 22.5 Å². The van der Waals surface area contributed by atoms with Crippen molar-refractivity contribution in [2.75, 3.05) is 7.11 Å². The SMILES string of the molecule is CCn1cncc1C(OC)(c1ccc(C(F)(F)F)cc1)c1ccc2c(c1)c(-c1cccc(Cl)c1)cc(=O)n2C. The van der Waals surface area contributed by atoms with Crippen LogP contribution in [0.3, 0.4) is 0 Å². The Balaban J connectivity index is 1.84. The lowest BCUT2D eigenvalue weighted by Gasteiger charge is -2.35. The van der Waals surface area contributed by atoms with Crippen LogP contribution in [0.15, 0.2) is 90.1 Å². The van der Waals surface area contributed by atoms with Gasteiger partial charge < -0.3 is 13.9 Å². The number of pyridine rings is 1. The number of imidazole rings is 1. The Labute approximate surface area is 228 Å². The third kappa shape index (κ3) is 4.53. The monoisotopic (exact) mass is 551 g/mol. The van der Waals surface area contributed by atoms with Crippen LogP contribution >= 0.6 is 11.6 Å². The number of rotatable bonds is 6. The lowest BCUT2D eigenvalue weighted by Crippen LogP contribution is -2.34. The van der Waals surface area contributed by atoms with Crippen LogP contribution in [0.2, 0.25) is 5.02 Å². The molecule has 39 heavy (non-hydrogen) atoms. The first kappa shape index (κ1) is 26.7. The summed E-state index contributed by atoms with van der Waals surface area (Å²) in [4.78, 5) is 17.2. The minimum atomic E-state index is -4.47. The maximum atomic E-state index is 13.4. The molecule has 0 amide bonds. The first-order valence-electron chi connectivity index (χ1n) is 12.2. The molecule has 0 radical (unpaired) electrons. The Morgan fingerprint density at radius 2 is 1.64 bits per heavy atom. The maximum absolute atomic E-state index is 13.4. The third-order valence-electron chi connectivity index (χ3n) is 7.13. The molecule has 1 atom stereocenters. The zero-order valence-electron chi connectivity index (χ0n) is 21.5. The molecule has 0 aliphatic carbocycles. The standard InChI is InChI=1S/C30H25ClF3N3O2/c1-4-37-18-35-17-27(37)29(39-3,20-8-10-21(11-9-20)30(32,33)34)22-12-13-26-25(15-22)24(16-28(38)36(26)2)19-6-5-7-23(31)14-19/h5-18H,4H2,1-3H3. The number of halogens is 4. The summed E-state index contributed by atoms with van der Waals surface area (Å²) in [5.41, 5.74) is 1.70. The molecule has 0 aliphatic heterocycles. The Kier molecular flexibility index (Phi) is 6.86. The number of hydrogen-bond acceptors (Lipinski definition) is 3. The maximum Gasteiger partial charge on any atom is 0.416 e. The number of aryl methyl sites for hydroxylation is 2. The van der Waals surface area contributed by atoms with Crippen molar-refractivity contribution in [1.29, 1.82) is 0 Å². The average Bonchev–Trinajstić information content (AvgIpc) is 3.40. The number of benzene rings is 3. The molecule has 0 bridgehead atoms. The molecule has 5 aromatic rings. The van der Waals surface area contributed by atoms with Gasteiger partial charge >= 0.3 is 6.18 Å². The van der Waals surface area contributed by atoms with Gasteiger partial charge in [-0.25, -0.2) is 4.98 Å². The summed E-state index contributed by atoms with van der Waals surface area (Å²) in [5, 5.41) is 1.29. The van der Waals surface area contributed by atoms with Gasteiger partial charge in [0.25, 0.3) is 5.56 Å². The fourth-order valence-corrected chi connectivity index (χ4v) is 5.33. The molecule has 2 heterocycles. The summed E-state index contributed by atoms with van der Waals surface area (Å²) in [5.74, 6) is 0. The largest absolute Gasteiger partial charge is 0.416 e. The minimum Gasteiger partial charge on any atom is -0.362 e. The fraction of sp³-hybridized carbons (Fsp3) is 0.200. The van der Waals surface area contributed by atoms with Gasteiger partial charge in [0, 0.05) is 37.2 Å². The number of nitrogens with zero attached hydrogens (tertiary/aromatic N) is 3. The van der Waals surface area contributed by atoms with Crippen LogP contribution in [0, 0.1) is 0 Å². The topological polar surface area (TPSA) is 49.1 Å². The summed E-state index contributed by atoms with van der Waals surface area (Å²) in [6.45, 7) is 2.52. The molecule has 2 aromatic heterocycles. The van der Waals surface area contributed by atoms with E-state index in [1.165, 1.54) is 19.2 Å².